The summed E-state index contributed by atoms with van der Waals surface area (Å²) in [6.07, 6.45) is 3.69. The Labute approximate surface area is 84.8 Å². The second kappa shape index (κ2) is 4.11. The van der Waals surface area contributed by atoms with E-state index in [-0.39, 0.29) is 17.8 Å². The minimum absolute atomic E-state index is 0.143. The van der Waals surface area contributed by atoms with Crippen molar-refractivity contribution in [2.75, 3.05) is 7.11 Å². The number of esters is 1. The summed E-state index contributed by atoms with van der Waals surface area (Å²) in [5.74, 6) is 0.253. The van der Waals surface area contributed by atoms with Crippen LogP contribution in [0.15, 0.2) is 0 Å². The standard InChI is InChI=1S/C11H18O3/c1-11(2,10(13)14-3)9-5-4-8(6-9)7-12/h7-9H,4-6H2,1-3H3. The number of carbonyl (C=O) groups excluding carboxylic acids is 2. The maximum Gasteiger partial charge on any atom is 0.311 e. The molecule has 1 aliphatic rings. The third-order valence-electron chi connectivity index (χ3n) is 3.40. The van der Waals surface area contributed by atoms with Crippen LogP contribution in [0.5, 0.6) is 0 Å². The molecule has 0 aromatic rings. The van der Waals surface area contributed by atoms with Crippen molar-refractivity contribution in [3.8, 4) is 0 Å². The van der Waals surface area contributed by atoms with Gasteiger partial charge >= 0.3 is 5.97 Å². The van der Waals surface area contributed by atoms with Gasteiger partial charge in [-0.05, 0) is 39.0 Å². The van der Waals surface area contributed by atoms with Crippen LogP contribution in [0.3, 0.4) is 0 Å². The van der Waals surface area contributed by atoms with Crippen molar-refractivity contribution < 1.29 is 14.3 Å². The minimum Gasteiger partial charge on any atom is -0.469 e. The van der Waals surface area contributed by atoms with Gasteiger partial charge < -0.3 is 9.53 Å². The van der Waals surface area contributed by atoms with E-state index in [0.717, 1.165) is 25.5 Å². The molecule has 0 saturated heterocycles. The van der Waals surface area contributed by atoms with Crippen LogP contribution in [0.25, 0.3) is 0 Å². The molecule has 1 rings (SSSR count). The van der Waals surface area contributed by atoms with E-state index in [1.807, 2.05) is 13.8 Å². The molecule has 0 N–H and O–H groups in total. The second-order valence-corrected chi connectivity index (χ2v) is 4.62. The minimum atomic E-state index is -0.452. The normalized spacial score (nSPS) is 27.4. The van der Waals surface area contributed by atoms with E-state index in [0.29, 0.717) is 0 Å². The zero-order valence-electron chi connectivity index (χ0n) is 9.08. The van der Waals surface area contributed by atoms with Gasteiger partial charge in [0, 0.05) is 5.92 Å². The molecule has 1 aliphatic carbocycles. The van der Waals surface area contributed by atoms with Crippen molar-refractivity contribution in [2.24, 2.45) is 17.3 Å². The van der Waals surface area contributed by atoms with Crippen LogP contribution in [0.2, 0.25) is 0 Å². The number of hydrogen-bond acceptors (Lipinski definition) is 3. The second-order valence-electron chi connectivity index (χ2n) is 4.62. The van der Waals surface area contributed by atoms with Gasteiger partial charge in [-0.3, -0.25) is 4.79 Å². The molecular weight excluding hydrogens is 180 g/mol. The van der Waals surface area contributed by atoms with Crippen LogP contribution in [-0.4, -0.2) is 19.4 Å². The van der Waals surface area contributed by atoms with Crippen molar-refractivity contribution in [3.63, 3.8) is 0 Å². The predicted octanol–water partition coefficient (Wildman–Crippen LogP) is 1.80. The van der Waals surface area contributed by atoms with Crippen LogP contribution in [0.1, 0.15) is 33.1 Å². The third-order valence-corrected chi connectivity index (χ3v) is 3.40. The van der Waals surface area contributed by atoms with Gasteiger partial charge in [0.2, 0.25) is 0 Å². The highest BCUT2D eigenvalue weighted by molar-refractivity contribution is 5.76. The number of aldehydes is 1. The Kier molecular flexibility index (Phi) is 3.29. The highest BCUT2D eigenvalue weighted by atomic mass is 16.5. The molecule has 1 fully saturated rings. The zero-order chi connectivity index (χ0) is 10.8. The first kappa shape index (κ1) is 11.2. The Balaban J connectivity index is 2.65. The van der Waals surface area contributed by atoms with E-state index in [4.69, 9.17) is 4.74 Å². The van der Waals surface area contributed by atoms with Crippen molar-refractivity contribution >= 4 is 12.3 Å². The lowest BCUT2D eigenvalue weighted by molar-refractivity contribution is -0.154. The number of carbonyl (C=O) groups is 2. The molecule has 0 aromatic heterocycles. The molecule has 0 aromatic carbocycles. The van der Waals surface area contributed by atoms with E-state index >= 15 is 0 Å². The maximum atomic E-state index is 11.5. The Morgan fingerprint density at radius 1 is 1.43 bits per heavy atom. The molecule has 2 unspecified atom stereocenters. The number of methoxy groups -OCH3 is 1. The van der Waals surface area contributed by atoms with Crippen molar-refractivity contribution in [1.29, 1.82) is 0 Å². The largest absolute Gasteiger partial charge is 0.469 e. The van der Waals surface area contributed by atoms with E-state index in [2.05, 4.69) is 0 Å². The quantitative estimate of drug-likeness (QED) is 0.513. The van der Waals surface area contributed by atoms with E-state index in [9.17, 15) is 9.59 Å². The summed E-state index contributed by atoms with van der Waals surface area (Å²) in [6.45, 7) is 3.80. The molecule has 0 bridgehead atoms. The summed E-state index contributed by atoms with van der Waals surface area (Å²) in [6, 6.07) is 0. The summed E-state index contributed by atoms with van der Waals surface area (Å²) in [4.78, 5) is 22.1. The lowest BCUT2D eigenvalue weighted by Gasteiger charge is -2.28. The fourth-order valence-corrected chi connectivity index (χ4v) is 2.23. The highest BCUT2D eigenvalue weighted by Gasteiger charge is 2.41. The van der Waals surface area contributed by atoms with Gasteiger partial charge in [0.1, 0.15) is 6.29 Å². The molecule has 0 aliphatic heterocycles. The highest BCUT2D eigenvalue weighted by Crippen LogP contribution is 2.42. The molecule has 0 heterocycles. The molecule has 14 heavy (non-hydrogen) atoms. The van der Waals surface area contributed by atoms with E-state index in [1.54, 1.807) is 0 Å². The van der Waals surface area contributed by atoms with Gasteiger partial charge in [-0.2, -0.15) is 0 Å². The van der Waals surface area contributed by atoms with Gasteiger partial charge in [0.05, 0.1) is 12.5 Å². The fourth-order valence-electron chi connectivity index (χ4n) is 2.23. The van der Waals surface area contributed by atoms with Crippen LogP contribution >= 0.6 is 0 Å². The Bertz CT molecular complexity index is 233. The number of hydrogen-bond donors (Lipinski definition) is 0. The summed E-state index contributed by atoms with van der Waals surface area (Å²) in [5.41, 5.74) is -0.452. The summed E-state index contributed by atoms with van der Waals surface area (Å²) < 4.78 is 4.77. The average molecular weight is 198 g/mol. The summed E-state index contributed by atoms with van der Waals surface area (Å²) in [7, 11) is 1.41. The summed E-state index contributed by atoms with van der Waals surface area (Å²) in [5, 5.41) is 0. The molecule has 3 nitrogen and oxygen atoms in total. The first-order valence-electron chi connectivity index (χ1n) is 5.06. The van der Waals surface area contributed by atoms with E-state index < -0.39 is 5.41 Å². The number of ether oxygens (including phenoxy) is 1. The maximum absolute atomic E-state index is 11.5. The molecule has 0 spiro atoms. The Morgan fingerprint density at radius 2 is 2.07 bits per heavy atom. The van der Waals surface area contributed by atoms with Gasteiger partial charge in [-0.25, -0.2) is 0 Å². The number of rotatable bonds is 3. The molecule has 0 amide bonds. The summed E-state index contributed by atoms with van der Waals surface area (Å²) >= 11 is 0. The fraction of sp³-hybridized carbons (Fsp3) is 0.818. The van der Waals surface area contributed by atoms with E-state index in [1.165, 1.54) is 7.11 Å². The smallest absolute Gasteiger partial charge is 0.311 e. The molecule has 80 valence electrons. The Morgan fingerprint density at radius 3 is 2.50 bits per heavy atom. The SMILES string of the molecule is COC(=O)C(C)(C)C1CCC(C=O)C1. The predicted molar refractivity (Wildman–Crippen MR) is 52.7 cm³/mol. The van der Waals surface area contributed by atoms with Gasteiger partial charge in [0.15, 0.2) is 0 Å². The molecule has 0 radical (unpaired) electrons. The average Bonchev–Trinajstić information content (AvgIpc) is 2.65. The monoisotopic (exact) mass is 198 g/mol. The van der Waals surface area contributed by atoms with Crippen molar-refractivity contribution in [3.05, 3.63) is 0 Å². The first-order valence-corrected chi connectivity index (χ1v) is 5.06. The van der Waals surface area contributed by atoms with Gasteiger partial charge in [-0.1, -0.05) is 0 Å². The van der Waals surface area contributed by atoms with Crippen LogP contribution in [0, 0.1) is 17.3 Å². The first-order chi connectivity index (χ1) is 6.52. The van der Waals surface area contributed by atoms with Gasteiger partial charge in [-0.15, -0.1) is 0 Å². The van der Waals surface area contributed by atoms with Crippen LogP contribution in [0.4, 0.5) is 0 Å². The van der Waals surface area contributed by atoms with Crippen LogP contribution < -0.4 is 0 Å². The Hall–Kier alpha value is -0.860. The lowest BCUT2D eigenvalue weighted by atomic mass is 9.77. The van der Waals surface area contributed by atoms with Crippen molar-refractivity contribution in [1.82, 2.24) is 0 Å². The zero-order valence-corrected chi connectivity index (χ0v) is 9.08. The lowest BCUT2D eigenvalue weighted by Crippen LogP contribution is -2.32. The molecule has 1 saturated carbocycles. The van der Waals surface area contributed by atoms with Crippen LogP contribution in [-0.2, 0) is 14.3 Å². The van der Waals surface area contributed by atoms with Gasteiger partial charge in [0.25, 0.3) is 0 Å². The molecule has 3 heteroatoms. The molecule has 2 atom stereocenters. The van der Waals surface area contributed by atoms with Crippen molar-refractivity contribution in [2.45, 2.75) is 33.1 Å². The third kappa shape index (κ3) is 1.97. The molecular formula is C11H18O3. The topological polar surface area (TPSA) is 43.4 Å².